The highest BCUT2D eigenvalue weighted by atomic mass is 32.2. The van der Waals surface area contributed by atoms with Crippen molar-refractivity contribution in [2.75, 3.05) is 0 Å². The van der Waals surface area contributed by atoms with Crippen molar-refractivity contribution in [1.29, 1.82) is 0 Å². The van der Waals surface area contributed by atoms with Gasteiger partial charge in [-0.25, -0.2) is 0 Å². The fourth-order valence-electron chi connectivity index (χ4n) is 6.64. The minimum Gasteiger partial charge on any atom is -0.303 e. The van der Waals surface area contributed by atoms with Gasteiger partial charge in [-0.1, -0.05) is 64.0 Å². The van der Waals surface area contributed by atoms with E-state index >= 15 is 0 Å². The Kier molecular flexibility index (Phi) is 6.79. The Morgan fingerprint density at radius 3 is 2.33 bits per heavy atom. The lowest BCUT2D eigenvalue weighted by atomic mass is 9.46. The van der Waals surface area contributed by atoms with Crippen LogP contribution in [0.4, 0.5) is 0 Å². The summed E-state index contributed by atoms with van der Waals surface area (Å²) in [5.41, 5.74) is 2.19. The molecule has 1 aromatic rings. The average molecular weight is 427 g/mol. The summed E-state index contributed by atoms with van der Waals surface area (Å²) < 4.78 is 0. The number of hydrogen-bond acceptors (Lipinski definition) is 4. The highest BCUT2D eigenvalue weighted by Crippen LogP contribution is 2.64. The van der Waals surface area contributed by atoms with Gasteiger partial charge in [-0.3, -0.25) is 0 Å². The second-order valence-corrected chi connectivity index (χ2v) is 11.7. The van der Waals surface area contributed by atoms with E-state index in [0.717, 1.165) is 12.3 Å². The molecule has 5 atom stereocenters. The molecule has 4 heteroatoms. The summed E-state index contributed by atoms with van der Waals surface area (Å²) in [6.07, 6.45) is 11.7. The van der Waals surface area contributed by atoms with E-state index in [1.165, 1.54) is 43.3 Å². The second kappa shape index (κ2) is 8.85. The van der Waals surface area contributed by atoms with Gasteiger partial charge in [0.1, 0.15) is 6.29 Å². The standard InChI is InChI=1S/C25H34OS.CO2/c1-23(2)13-8-14-25(4)20-15-22(27-19-9-6-5-7-10-19)24(3,17-26)16-18(20)11-12-21(23)25;2-1-3/h5-7,9-10,15,17-18,21-22H,8,11-14,16H2,1-4H3;/t18?,21-,22?,24?,25+;/m1./s1. The molecule has 2 saturated carbocycles. The summed E-state index contributed by atoms with van der Waals surface area (Å²) in [5.74, 6) is 1.38. The van der Waals surface area contributed by atoms with Gasteiger partial charge in [-0.05, 0) is 66.9 Å². The molecule has 3 nitrogen and oxygen atoms in total. The molecule has 4 rings (SSSR count). The average Bonchev–Trinajstić information content (AvgIpc) is 2.70. The first-order valence-electron chi connectivity index (χ1n) is 11.1. The van der Waals surface area contributed by atoms with E-state index in [4.69, 9.17) is 9.59 Å². The van der Waals surface area contributed by atoms with E-state index in [2.05, 4.69) is 64.1 Å². The third-order valence-corrected chi connectivity index (χ3v) is 9.55. The van der Waals surface area contributed by atoms with Crippen LogP contribution in [-0.4, -0.2) is 17.7 Å². The molecule has 162 valence electrons. The van der Waals surface area contributed by atoms with Crippen LogP contribution in [0.25, 0.3) is 0 Å². The predicted octanol–water partition coefficient (Wildman–Crippen LogP) is 6.34. The van der Waals surface area contributed by atoms with Crippen molar-refractivity contribution < 1.29 is 14.4 Å². The highest BCUT2D eigenvalue weighted by Gasteiger charge is 2.55. The van der Waals surface area contributed by atoms with Crippen molar-refractivity contribution >= 4 is 24.2 Å². The molecule has 0 saturated heterocycles. The molecular weight excluding hydrogens is 392 g/mol. The number of carbonyl (C=O) groups is 1. The van der Waals surface area contributed by atoms with E-state index < -0.39 is 0 Å². The van der Waals surface area contributed by atoms with Crippen LogP contribution >= 0.6 is 11.8 Å². The van der Waals surface area contributed by atoms with Crippen LogP contribution < -0.4 is 0 Å². The van der Waals surface area contributed by atoms with Gasteiger partial charge in [0.15, 0.2) is 0 Å². The maximum Gasteiger partial charge on any atom is 0.373 e. The number of aldehydes is 1. The highest BCUT2D eigenvalue weighted by molar-refractivity contribution is 8.00. The van der Waals surface area contributed by atoms with Gasteiger partial charge in [0.25, 0.3) is 0 Å². The van der Waals surface area contributed by atoms with E-state index in [-0.39, 0.29) is 16.8 Å². The lowest BCUT2D eigenvalue weighted by Crippen LogP contribution is -2.50. The minimum absolute atomic E-state index is 0.240. The van der Waals surface area contributed by atoms with Gasteiger partial charge in [-0.2, -0.15) is 9.59 Å². The normalized spacial score (nSPS) is 36.7. The van der Waals surface area contributed by atoms with E-state index in [0.29, 0.717) is 16.7 Å². The molecule has 3 aliphatic rings. The van der Waals surface area contributed by atoms with Crippen molar-refractivity contribution in [2.24, 2.45) is 28.1 Å². The largest absolute Gasteiger partial charge is 0.373 e. The molecule has 3 aliphatic carbocycles. The smallest absolute Gasteiger partial charge is 0.303 e. The molecule has 0 N–H and O–H groups in total. The Hall–Kier alpha value is -1.64. The molecule has 30 heavy (non-hydrogen) atoms. The fourth-order valence-corrected chi connectivity index (χ4v) is 7.88. The van der Waals surface area contributed by atoms with Gasteiger partial charge in [-0.15, -0.1) is 11.8 Å². The summed E-state index contributed by atoms with van der Waals surface area (Å²) in [6.45, 7) is 9.71. The number of hydrogen-bond donors (Lipinski definition) is 0. The van der Waals surface area contributed by atoms with E-state index in [1.54, 1.807) is 5.57 Å². The van der Waals surface area contributed by atoms with Crippen LogP contribution in [0.1, 0.15) is 66.2 Å². The molecule has 2 fully saturated rings. The number of rotatable bonds is 3. The Morgan fingerprint density at radius 2 is 1.70 bits per heavy atom. The molecule has 1 aromatic carbocycles. The van der Waals surface area contributed by atoms with Crippen molar-refractivity contribution in [1.82, 2.24) is 0 Å². The fraction of sp³-hybridized carbons (Fsp3) is 0.615. The third kappa shape index (κ3) is 4.22. The topological polar surface area (TPSA) is 51.2 Å². The van der Waals surface area contributed by atoms with E-state index in [9.17, 15) is 4.79 Å². The molecule has 3 unspecified atom stereocenters. The predicted molar refractivity (Wildman–Crippen MR) is 120 cm³/mol. The first-order valence-corrected chi connectivity index (χ1v) is 12.0. The van der Waals surface area contributed by atoms with Crippen molar-refractivity contribution in [2.45, 2.75) is 76.4 Å². The number of thioether (sulfide) groups is 1. The van der Waals surface area contributed by atoms with Gasteiger partial charge in [0, 0.05) is 15.6 Å². The van der Waals surface area contributed by atoms with Crippen LogP contribution in [0.5, 0.6) is 0 Å². The summed E-state index contributed by atoms with van der Waals surface area (Å²) >= 11 is 1.88. The SMILES string of the molecule is CC1(C=O)CC2CC[C@@H]3C(C)(C)CCC[C@@]3(C)C2=CC1Sc1ccccc1.O=C=O. The summed E-state index contributed by atoms with van der Waals surface area (Å²) in [5, 5.41) is 0.240. The summed E-state index contributed by atoms with van der Waals surface area (Å²) in [6, 6.07) is 10.6. The third-order valence-electron chi connectivity index (χ3n) is 8.08. The maximum atomic E-state index is 12.2. The van der Waals surface area contributed by atoms with Crippen LogP contribution in [0, 0.1) is 28.1 Å². The minimum atomic E-state index is -0.262. The molecule has 0 amide bonds. The molecule has 0 heterocycles. The molecule has 0 radical (unpaired) electrons. The Bertz CT molecular complexity index is 824. The maximum absolute atomic E-state index is 12.2. The molecular formula is C26H34O3S. The van der Waals surface area contributed by atoms with Crippen LogP contribution in [0.15, 0.2) is 46.9 Å². The van der Waals surface area contributed by atoms with Gasteiger partial charge < -0.3 is 4.79 Å². The number of benzene rings is 1. The van der Waals surface area contributed by atoms with Gasteiger partial charge >= 0.3 is 6.15 Å². The lowest BCUT2D eigenvalue weighted by Gasteiger charge is -2.59. The van der Waals surface area contributed by atoms with Crippen molar-refractivity contribution in [3.8, 4) is 0 Å². The zero-order chi connectivity index (χ0) is 22.0. The summed E-state index contributed by atoms with van der Waals surface area (Å²) in [7, 11) is 0. The van der Waals surface area contributed by atoms with E-state index in [1.807, 2.05) is 11.8 Å². The summed E-state index contributed by atoms with van der Waals surface area (Å²) in [4.78, 5) is 29.7. The Labute approximate surface area is 185 Å². The first-order chi connectivity index (χ1) is 14.2. The quantitative estimate of drug-likeness (QED) is 0.418. The van der Waals surface area contributed by atoms with Crippen LogP contribution in [-0.2, 0) is 14.4 Å². The van der Waals surface area contributed by atoms with Crippen molar-refractivity contribution in [3.63, 3.8) is 0 Å². The Balaban J connectivity index is 0.000000806. The zero-order valence-electron chi connectivity index (χ0n) is 18.6. The second-order valence-electron chi connectivity index (χ2n) is 10.5. The van der Waals surface area contributed by atoms with Gasteiger partial charge in [0.05, 0.1) is 0 Å². The zero-order valence-corrected chi connectivity index (χ0v) is 19.5. The monoisotopic (exact) mass is 426 g/mol. The van der Waals surface area contributed by atoms with Crippen molar-refractivity contribution in [3.05, 3.63) is 42.0 Å². The van der Waals surface area contributed by atoms with Crippen LogP contribution in [0.2, 0.25) is 0 Å². The Morgan fingerprint density at radius 1 is 1.03 bits per heavy atom. The molecule has 0 aromatic heterocycles. The van der Waals surface area contributed by atoms with Crippen LogP contribution in [0.3, 0.4) is 0 Å². The number of fused-ring (bicyclic) bond motifs is 3. The first kappa shape index (κ1) is 23.0. The molecule has 0 spiro atoms. The number of carbonyl (C=O) groups excluding carboxylic acids is 3. The van der Waals surface area contributed by atoms with Gasteiger partial charge in [0.2, 0.25) is 0 Å². The lowest BCUT2D eigenvalue weighted by molar-refractivity contribution is -0.191. The number of allylic oxidation sites excluding steroid dienone is 1. The molecule has 0 aliphatic heterocycles. The molecule has 0 bridgehead atoms.